The largest absolute Gasteiger partial charge is 0.491 e. The maximum Gasteiger partial charge on any atom is 0.220 e. The van der Waals surface area contributed by atoms with Crippen LogP contribution in [0.2, 0.25) is 0 Å². The Labute approximate surface area is 161 Å². The standard InChI is InChI=1S/C20H31NO6/c1-23-6-7-24-8-9-25-10-11-26-12-13-27-19-5-3-2-4-18(19)14-17-15-20(22)21-16-17/h2-5,17H,6-16H2,1H3,(H,21,22). The Bertz CT molecular complexity index is 539. The molecule has 1 atom stereocenters. The van der Waals surface area contributed by atoms with Gasteiger partial charge in [-0.2, -0.15) is 0 Å². The lowest BCUT2D eigenvalue weighted by Crippen LogP contribution is -2.15. The molecule has 1 saturated heterocycles. The Morgan fingerprint density at radius 1 is 0.926 bits per heavy atom. The molecule has 1 aliphatic rings. The fourth-order valence-corrected chi connectivity index (χ4v) is 2.83. The van der Waals surface area contributed by atoms with Crippen molar-refractivity contribution in [2.45, 2.75) is 12.8 Å². The minimum Gasteiger partial charge on any atom is -0.491 e. The lowest BCUT2D eigenvalue weighted by Gasteiger charge is -2.14. The van der Waals surface area contributed by atoms with Gasteiger partial charge in [0.1, 0.15) is 12.4 Å². The minimum absolute atomic E-state index is 0.135. The Hall–Kier alpha value is -1.67. The van der Waals surface area contributed by atoms with Gasteiger partial charge in [-0.15, -0.1) is 0 Å². The van der Waals surface area contributed by atoms with Gasteiger partial charge in [0.25, 0.3) is 0 Å². The molecule has 0 aromatic heterocycles. The molecule has 0 bridgehead atoms. The topological polar surface area (TPSA) is 75.2 Å². The van der Waals surface area contributed by atoms with E-state index in [9.17, 15) is 4.79 Å². The van der Waals surface area contributed by atoms with Crippen molar-refractivity contribution in [1.29, 1.82) is 0 Å². The van der Waals surface area contributed by atoms with E-state index < -0.39 is 0 Å². The maximum absolute atomic E-state index is 11.3. The van der Waals surface area contributed by atoms with E-state index >= 15 is 0 Å². The van der Waals surface area contributed by atoms with E-state index in [0.29, 0.717) is 65.2 Å². The smallest absolute Gasteiger partial charge is 0.220 e. The third kappa shape index (κ3) is 9.19. The molecule has 1 amide bonds. The van der Waals surface area contributed by atoms with Crippen LogP contribution in [0.1, 0.15) is 12.0 Å². The number of rotatable bonds is 15. The highest BCUT2D eigenvalue weighted by atomic mass is 16.6. The normalized spacial score (nSPS) is 16.5. The molecule has 2 rings (SSSR count). The number of methoxy groups -OCH3 is 1. The minimum atomic E-state index is 0.135. The molecular formula is C20H31NO6. The van der Waals surface area contributed by atoms with Crippen molar-refractivity contribution in [3.63, 3.8) is 0 Å². The summed E-state index contributed by atoms with van der Waals surface area (Å²) in [5.74, 6) is 1.34. The number of hydrogen-bond donors (Lipinski definition) is 1. The summed E-state index contributed by atoms with van der Waals surface area (Å²) in [5, 5.41) is 2.88. The average molecular weight is 381 g/mol. The molecule has 1 aliphatic heterocycles. The van der Waals surface area contributed by atoms with Gasteiger partial charge < -0.3 is 29.0 Å². The van der Waals surface area contributed by atoms with Gasteiger partial charge in [0.05, 0.1) is 46.2 Å². The van der Waals surface area contributed by atoms with Crippen molar-refractivity contribution in [2.75, 3.05) is 66.5 Å². The van der Waals surface area contributed by atoms with Crippen LogP contribution in [0.15, 0.2) is 24.3 Å². The van der Waals surface area contributed by atoms with Crippen molar-refractivity contribution in [1.82, 2.24) is 5.32 Å². The summed E-state index contributed by atoms with van der Waals surface area (Å²) in [4.78, 5) is 11.3. The molecule has 7 heteroatoms. The molecule has 1 aromatic rings. The van der Waals surface area contributed by atoms with E-state index in [1.165, 1.54) is 0 Å². The highest BCUT2D eigenvalue weighted by Gasteiger charge is 2.22. The lowest BCUT2D eigenvalue weighted by molar-refractivity contribution is -0.119. The van der Waals surface area contributed by atoms with E-state index in [2.05, 4.69) is 11.4 Å². The van der Waals surface area contributed by atoms with E-state index in [0.717, 1.165) is 24.3 Å². The van der Waals surface area contributed by atoms with Crippen molar-refractivity contribution < 1.29 is 28.5 Å². The molecule has 1 N–H and O–H groups in total. The van der Waals surface area contributed by atoms with E-state index in [1.54, 1.807) is 7.11 Å². The Morgan fingerprint density at radius 3 is 2.19 bits per heavy atom. The van der Waals surface area contributed by atoms with E-state index in [-0.39, 0.29) is 5.91 Å². The summed E-state index contributed by atoms with van der Waals surface area (Å²) in [6, 6.07) is 7.98. The molecule has 0 radical (unpaired) electrons. The van der Waals surface area contributed by atoms with Gasteiger partial charge in [0.15, 0.2) is 0 Å². The molecule has 27 heavy (non-hydrogen) atoms. The molecule has 1 fully saturated rings. The van der Waals surface area contributed by atoms with Crippen LogP contribution in [-0.2, 0) is 30.2 Å². The van der Waals surface area contributed by atoms with Crippen molar-refractivity contribution in [3.05, 3.63) is 29.8 Å². The Kier molecular flexibility index (Phi) is 10.8. The monoisotopic (exact) mass is 381 g/mol. The third-order valence-corrected chi connectivity index (χ3v) is 4.20. The zero-order valence-electron chi connectivity index (χ0n) is 16.1. The molecule has 7 nitrogen and oxygen atoms in total. The highest BCUT2D eigenvalue weighted by Crippen LogP contribution is 2.24. The number of carbonyl (C=O) groups excluding carboxylic acids is 1. The average Bonchev–Trinajstić information content (AvgIpc) is 3.08. The molecular weight excluding hydrogens is 350 g/mol. The van der Waals surface area contributed by atoms with Gasteiger partial charge >= 0.3 is 0 Å². The first kappa shape index (κ1) is 21.6. The lowest BCUT2D eigenvalue weighted by atomic mass is 9.98. The van der Waals surface area contributed by atoms with Gasteiger partial charge in [0.2, 0.25) is 5.91 Å². The first-order valence-electron chi connectivity index (χ1n) is 9.49. The summed E-state index contributed by atoms with van der Waals surface area (Å²) >= 11 is 0. The number of hydrogen-bond acceptors (Lipinski definition) is 6. The first-order chi connectivity index (χ1) is 13.3. The summed E-state index contributed by atoms with van der Waals surface area (Å²) in [5.41, 5.74) is 1.14. The SMILES string of the molecule is COCCOCCOCCOCCOc1ccccc1CC1CNC(=O)C1. The number of carbonyl (C=O) groups is 1. The van der Waals surface area contributed by atoms with Gasteiger partial charge in [-0.1, -0.05) is 18.2 Å². The molecule has 1 aromatic carbocycles. The van der Waals surface area contributed by atoms with Crippen molar-refractivity contribution in [2.24, 2.45) is 5.92 Å². The first-order valence-corrected chi connectivity index (χ1v) is 9.49. The Balaban J connectivity index is 1.51. The van der Waals surface area contributed by atoms with Gasteiger partial charge in [-0.3, -0.25) is 4.79 Å². The fourth-order valence-electron chi connectivity index (χ4n) is 2.83. The Morgan fingerprint density at radius 2 is 1.56 bits per heavy atom. The van der Waals surface area contributed by atoms with Crippen molar-refractivity contribution in [3.8, 4) is 5.75 Å². The molecule has 152 valence electrons. The number of benzene rings is 1. The number of nitrogens with one attached hydrogen (secondary N) is 1. The number of amides is 1. The van der Waals surface area contributed by atoms with Crippen LogP contribution < -0.4 is 10.1 Å². The summed E-state index contributed by atoms with van der Waals surface area (Å²) in [7, 11) is 1.65. The highest BCUT2D eigenvalue weighted by molar-refractivity contribution is 5.78. The van der Waals surface area contributed by atoms with Gasteiger partial charge in [-0.05, 0) is 24.0 Å². The van der Waals surface area contributed by atoms with Gasteiger partial charge in [-0.25, -0.2) is 0 Å². The maximum atomic E-state index is 11.3. The molecule has 0 spiro atoms. The summed E-state index contributed by atoms with van der Waals surface area (Å²) in [6.07, 6.45) is 1.44. The van der Waals surface area contributed by atoms with Crippen LogP contribution >= 0.6 is 0 Å². The summed E-state index contributed by atoms with van der Waals surface area (Å²) in [6.45, 7) is 5.09. The third-order valence-electron chi connectivity index (χ3n) is 4.20. The second-order valence-corrected chi connectivity index (χ2v) is 6.36. The van der Waals surface area contributed by atoms with Crippen LogP contribution in [0, 0.1) is 5.92 Å². The van der Waals surface area contributed by atoms with Crippen molar-refractivity contribution >= 4 is 5.91 Å². The fraction of sp³-hybridized carbons (Fsp3) is 0.650. The van der Waals surface area contributed by atoms with Crippen LogP contribution in [0.25, 0.3) is 0 Å². The van der Waals surface area contributed by atoms with Crippen LogP contribution in [-0.4, -0.2) is 72.4 Å². The molecule has 1 unspecified atom stereocenters. The predicted octanol–water partition coefficient (Wildman–Crippen LogP) is 1.44. The molecule has 0 aliphatic carbocycles. The van der Waals surface area contributed by atoms with Crippen LogP contribution in [0.4, 0.5) is 0 Å². The number of para-hydroxylation sites is 1. The van der Waals surface area contributed by atoms with E-state index in [4.69, 9.17) is 23.7 Å². The predicted molar refractivity (Wildman–Crippen MR) is 101 cm³/mol. The zero-order chi connectivity index (χ0) is 19.2. The second-order valence-electron chi connectivity index (χ2n) is 6.36. The van der Waals surface area contributed by atoms with Crippen LogP contribution in [0.5, 0.6) is 5.75 Å². The summed E-state index contributed by atoms with van der Waals surface area (Å²) < 4.78 is 27.0. The second kappa shape index (κ2) is 13.5. The molecule has 1 heterocycles. The van der Waals surface area contributed by atoms with E-state index in [1.807, 2.05) is 18.2 Å². The number of ether oxygens (including phenoxy) is 5. The molecule has 0 saturated carbocycles. The quantitative estimate of drug-likeness (QED) is 0.464. The van der Waals surface area contributed by atoms with Gasteiger partial charge in [0, 0.05) is 20.1 Å². The zero-order valence-corrected chi connectivity index (χ0v) is 16.1. The van der Waals surface area contributed by atoms with Crippen LogP contribution in [0.3, 0.4) is 0 Å².